The molecule has 0 unspecified atom stereocenters. The molecule has 0 saturated heterocycles. The second kappa shape index (κ2) is 11.9. The van der Waals surface area contributed by atoms with Gasteiger partial charge in [-0.2, -0.15) is 10.5 Å². The fourth-order valence-corrected chi connectivity index (χ4v) is 5.07. The van der Waals surface area contributed by atoms with Crippen LogP contribution in [0.1, 0.15) is 0 Å². The lowest BCUT2D eigenvalue weighted by molar-refractivity contribution is 1.34. The molecule has 0 spiro atoms. The van der Waals surface area contributed by atoms with E-state index in [1.165, 1.54) is 23.5 Å². The van der Waals surface area contributed by atoms with Gasteiger partial charge in [-0.1, -0.05) is 108 Å². The second-order valence-corrected chi connectivity index (χ2v) is 9.92. The summed E-state index contributed by atoms with van der Waals surface area (Å²) in [5, 5.41) is 20.0. The lowest BCUT2D eigenvalue weighted by Crippen LogP contribution is -2.05. The zero-order valence-corrected chi connectivity index (χ0v) is 20.9. The van der Waals surface area contributed by atoms with Gasteiger partial charge in [0.1, 0.15) is 23.3 Å². The van der Waals surface area contributed by atoms with Crippen LogP contribution in [0.5, 0.6) is 0 Å². The van der Waals surface area contributed by atoms with Crippen LogP contribution in [0.25, 0.3) is 22.3 Å². The van der Waals surface area contributed by atoms with E-state index in [0.717, 1.165) is 32.0 Å². The van der Waals surface area contributed by atoms with Crippen LogP contribution < -0.4 is 11.5 Å². The molecule has 0 aliphatic carbocycles. The van der Waals surface area contributed by atoms with Crippen molar-refractivity contribution in [3.05, 3.63) is 130 Å². The molecule has 4 aromatic rings. The van der Waals surface area contributed by atoms with Crippen molar-refractivity contribution in [3.63, 3.8) is 0 Å². The predicted octanol–water partition coefficient (Wildman–Crippen LogP) is 7.29. The maximum absolute atomic E-state index is 9.79. The molecular formula is C30H22N4S2. The van der Waals surface area contributed by atoms with E-state index in [1.54, 1.807) is 0 Å². The van der Waals surface area contributed by atoms with Crippen molar-refractivity contribution in [1.29, 1.82) is 10.5 Å². The van der Waals surface area contributed by atoms with Gasteiger partial charge in [-0.15, -0.1) is 0 Å². The Morgan fingerprint density at radius 1 is 0.472 bits per heavy atom. The summed E-state index contributed by atoms with van der Waals surface area (Å²) >= 11 is 2.46. The van der Waals surface area contributed by atoms with Gasteiger partial charge < -0.3 is 11.5 Å². The van der Waals surface area contributed by atoms with Crippen LogP contribution in [0.3, 0.4) is 0 Å². The molecule has 0 aliphatic heterocycles. The number of nitrogens with zero attached hydrogens (tertiary/aromatic N) is 2. The molecule has 0 aromatic heterocycles. The van der Waals surface area contributed by atoms with Crippen LogP contribution in [0.15, 0.2) is 140 Å². The van der Waals surface area contributed by atoms with Crippen molar-refractivity contribution in [2.24, 2.45) is 11.5 Å². The van der Waals surface area contributed by atoms with Gasteiger partial charge in [-0.05, 0) is 46.5 Å². The number of rotatable bonds is 7. The first-order valence-electron chi connectivity index (χ1n) is 11.1. The largest absolute Gasteiger partial charge is 0.392 e. The Bertz CT molecular complexity index is 1360. The molecule has 0 radical (unpaired) electrons. The van der Waals surface area contributed by atoms with E-state index >= 15 is 0 Å². The van der Waals surface area contributed by atoms with Crippen LogP contribution >= 0.6 is 23.5 Å². The number of hydrogen-bond acceptors (Lipinski definition) is 6. The molecule has 4 rings (SSSR count). The minimum atomic E-state index is 0.0699. The second-order valence-electron chi connectivity index (χ2n) is 7.69. The average molecular weight is 503 g/mol. The van der Waals surface area contributed by atoms with Crippen LogP contribution in [0, 0.1) is 22.7 Å². The lowest BCUT2D eigenvalue weighted by Gasteiger charge is -2.09. The predicted molar refractivity (Wildman–Crippen MR) is 149 cm³/mol. The van der Waals surface area contributed by atoms with E-state index in [0.29, 0.717) is 0 Å². The molecule has 0 saturated carbocycles. The highest BCUT2D eigenvalue weighted by atomic mass is 32.2. The number of benzene rings is 4. The molecule has 0 aliphatic rings. The fourth-order valence-electron chi connectivity index (χ4n) is 3.52. The normalized spacial score (nSPS) is 12.1. The molecule has 4 aromatic carbocycles. The fraction of sp³-hybridized carbons (Fsp3) is 0. The van der Waals surface area contributed by atoms with E-state index in [2.05, 4.69) is 12.1 Å². The van der Waals surface area contributed by atoms with Crippen LogP contribution in [0.2, 0.25) is 0 Å². The van der Waals surface area contributed by atoms with E-state index in [-0.39, 0.29) is 21.2 Å². The SMILES string of the molecule is N#CC(=C(/N)Sc1ccc(-c2ccccc2)cc1)/C(C#N)=C(\N)Sc1ccc(-c2ccccc2)cc1. The molecular weight excluding hydrogens is 480 g/mol. The number of nitrogens with two attached hydrogens (primary N) is 2. The van der Waals surface area contributed by atoms with Crippen molar-refractivity contribution in [2.75, 3.05) is 0 Å². The van der Waals surface area contributed by atoms with Crippen molar-refractivity contribution in [3.8, 4) is 34.4 Å². The van der Waals surface area contributed by atoms with Gasteiger partial charge in [0.15, 0.2) is 0 Å². The van der Waals surface area contributed by atoms with Crippen LogP contribution in [0.4, 0.5) is 0 Å². The quantitative estimate of drug-likeness (QED) is 0.156. The molecule has 6 heteroatoms. The van der Waals surface area contributed by atoms with Crippen molar-refractivity contribution >= 4 is 23.5 Å². The monoisotopic (exact) mass is 502 g/mol. The zero-order valence-electron chi connectivity index (χ0n) is 19.3. The third-order valence-electron chi connectivity index (χ3n) is 5.34. The molecule has 0 fully saturated rings. The van der Waals surface area contributed by atoms with Gasteiger partial charge in [0.2, 0.25) is 0 Å². The zero-order chi connectivity index (χ0) is 25.3. The Labute approximate surface area is 219 Å². The average Bonchev–Trinajstić information content (AvgIpc) is 2.93. The first-order chi connectivity index (χ1) is 17.6. The van der Waals surface area contributed by atoms with Gasteiger partial charge in [-0.25, -0.2) is 0 Å². The summed E-state index contributed by atoms with van der Waals surface area (Å²) in [7, 11) is 0. The van der Waals surface area contributed by atoms with Crippen LogP contribution in [-0.4, -0.2) is 0 Å². The molecule has 0 heterocycles. The summed E-state index contributed by atoms with van der Waals surface area (Å²) in [6.45, 7) is 0. The summed E-state index contributed by atoms with van der Waals surface area (Å²) in [6.07, 6.45) is 0. The summed E-state index contributed by atoms with van der Waals surface area (Å²) < 4.78 is 0. The number of thioether (sulfide) groups is 2. The highest BCUT2D eigenvalue weighted by Gasteiger charge is 2.16. The standard InChI is InChI=1S/C30H22N4S2/c31-19-27(29(33)35-25-15-11-23(12-16-25)21-7-3-1-4-8-21)28(20-32)30(34)36-26-17-13-24(14-18-26)22-9-5-2-6-10-22/h1-18H,33-34H2/b29-27+,30-28+. The molecule has 0 amide bonds. The number of allylic oxidation sites excluding steroid dienone is 2. The Balaban J connectivity index is 1.53. The van der Waals surface area contributed by atoms with E-state index in [9.17, 15) is 10.5 Å². The Morgan fingerprint density at radius 2 is 0.778 bits per heavy atom. The minimum Gasteiger partial charge on any atom is -0.392 e. The number of hydrogen-bond donors (Lipinski definition) is 2. The van der Waals surface area contributed by atoms with Crippen molar-refractivity contribution < 1.29 is 0 Å². The third-order valence-corrected chi connectivity index (χ3v) is 7.21. The van der Waals surface area contributed by atoms with Crippen LogP contribution in [-0.2, 0) is 0 Å². The van der Waals surface area contributed by atoms with Gasteiger partial charge in [0.25, 0.3) is 0 Å². The maximum Gasteiger partial charge on any atom is 0.103 e. The summed E-state index contributed by atoms with van der Waals surface area (Å²) in [5.41, 5.74) is 17.1. The van der Waals surface area contributed by atoms with Gasteiger partial charge >= 0.3 is 0 Å². The van der Waals surface area contributed by atoms with Crippen molar-refractivity contribution in [1.82, 2.24) is 0 Å². The Hall–Kier alpha value is -4.36. The van der Waals surface area contributed by atoms with Crippen molar-refractivity contribution in [2.45, 2.75) is 9.79 Å². The Kier molecular flexibility index (Phi) is 8.16. The van der Waals surface area contributed by atoms with E-state index < -0.39 is 0 Å². The summed E-state index contributed by atoms with van der Waals surface area (Å²) in [4.78, 5) is 1.72. The maximum atomic E-state index is 9.79. The first-order valence-corrected chi connectivity index (χ1v) is 12.7. The van der Waals surface area contributed by atoms with Gasteiger partial charge in [0, 0.05) is 9.79 Å². The lowest BCUT2D eigenvalue weighted by atomic mass is 10.1. The first kappa shape index (κ1) is 24.8. The molecule has 4 N–H and O–H groups in total. The van der Waals surface area contributed by atoms with Gasteiger partial charge in [-0.3, -0.25) is 0 Å². The van der Waals surface area contributed by atoms with E-state index in [1.807, 2.05) is 109 Å². The summed E-state index contributed by atoms with van der Waals surface area (Å²) in [6, 6.07) is 40.0. The highest BCUT2D eigenvalue weighted by Crippen LogP contribution is 2.34. The van der Waals surface area contributed by atoms with E-state index in [4.69, 9.17) is 11.5 Å². The molecule has 4 nitrogen and oxygen atoms in total. The molecule has 0 atom stereocenters. The minimum absolute atomic E-state index is 0.0699. The molecule has 0 bridgehead atoms. The smallest absolute Gasteiger partial charge is 0.103 e. The summed E-state index contributed by atoms with van der Waals surface area (Å²) in [5.74, 6) is 0. The number of nitriles is 2. The molecule has 174 valence electrons. The molecule has 36 heavy (non-hydrogen) atoms. The topological polar surface area (TPSA) is 99.6 Å². The third kappa shape index (κ3) is 6.00. The van der Waals surface area contributed by atoms with Gasteiger partial charge in [0.05, 0.1) is 10.1 Å². The Morgan fingerprint density at radius 3 is 1.08 bits per heavy atom. The highest BCUT2D eigenvalue weighted by molar-refractivity contribution is 8.03.